The highest BCUT2D eigenvalue weighted by atomic mass is 16.5. The number of aromatic nitrogens is 5. The third-order valence-electron chi connectivity index (χ3n) is 4.53. The monoisotopic (exact) mass is 393 g/mol. The average molecular weight is 393 g/mol. The zero-order chi connectivity index (χ0) is 20.5. The van der Waals surface area contributed by atoms with Crippen molar-refractivity contribution in [3.05, 3.63) is 52.7 Å². The van der Waals surface area contributed by atoms with Crippen LogP contribution in [0.3, 0.4) is 0 Å². The molecule has 0 aliphatic carbocycles. The number of nitrogens with one attached hydrogen (secondary N) is 1. The van der Waals surface area contributed by atoms with E-state index in [2.05, 4.69) is 20.3 Å². The second-order valence-corrected chi connectivity index (χ2v) is 6.32. The maximum absolute atomic E-state index is 12.2. The SMILES string of the molecule is COc1cc(-n2cc(-c3ccc4nc(C)[nH]c(=O)c4c3)nn2)cc(OC)c1OC. The standard InChI is InChI=1S/C20H19N5O4/c1-11-21-15-6-5-12(7-14(15)20(26)22-11)16-10-25(24-23-16)13-8-17(27-2)19(29-4)18(9-13)28-3/h5-10H,1-4H3,(H,21,22,26). The fourth-order valence-corrected chi connectivity index (χ4v) is 3.14. The molecule has 148 valence electrons. The summed E-state index contributed by atoms with van der Waals surface area (Å²) in [6, 6.07) is 8.96. The minimum Gasteiger partial charge on any atom is -0.493 e. The normalized spacial score (nSPS) is 10.9. The number of methoxy groups -OCH3 is 3. The minimum atomic E-state index is -0.189. The third-order valence-corrected chi connectivity index (χ3v) is 4.53. The number of nitrogens with zero attached hydrogens (tertiary/aromatic N) is 4. The number of aromatic amines is 1. The maximum atomic E-state index is 12.2. The van der Waals surface area contributed by atoms with E-state index >= 15 is 0 Å². The van der Waals surface area contributed by atoms with Crippen LogP contribution >= 0.6 is 0 Å². The van der Waals surface area contributed by atoms with Crippen LogP contribution in [-0.2, 0) is 0 Å². The van der Waals surface area contributed by atoms with Crippen molar-refractivity contribution >= 4 is 10.9 Å². The zero-order valence-electron chi connectivity index (χ0n) is 16.4. The molecular weight excluding hydrogens is 374 g/mol. The Morgan fingerprint density at radius 1 is 1.00 bits per heavy atom. The van der Waals surface area contributed by atoms with Crippen LogP contribution in [0.5, 0.6) is 17.2 Å². The molecule has 9 nitrogen and oxygen atoms in total. The number of hydrogen-bond acceptors (Lipinski definition) is 7. The van der Waals surface area contributed by atoms with Crippen LogP contribution in [0.4, 0.5) is 0 Å². The molecule has 9 heteroatoms. The Kier molecular flexibility index (Phi) is 4.63. The van der Waals surface area contributed by atoms with E-state index in [0.717, 1.165) is 5.56 Å². The van der Waals surface area contributed by atoms with Gasteiger partial charge >= 0.3 is 0 Å². The first-order valence-electron chi connectivity index (χ1n) is 8.78. The fourth-order valence-electron chi connectivity index (χ4n) is 3.14. The lowest BCUT2D eigenvalue weighted by molar-refractivity contribution is 0.324. The van der Waals surface area contributed by atoms with Crippen molar-refractivity contribution in [2.24, 2.45) is 0 Å². The molecule has 0 spiro atoms. The molecule has 0 fully saturated rings. The van der Waals surface area contributed by atoms with Gasteiger partial charge in [-0.3, -0.25) is 4.79 Å². The highest BCUT2D eigenvalue weighted by Gasteiger charge is 2.15. The van der Waals surface area contributed by atoms with Gasteiger partial charge in [-0.15, -0.1) is 5.10 Å². The third kappa shape index (κ3) is 3.27. The van der Waals surface area contributed by atoms with Gasteiger partial charge in [-0.05, 0) is 19.1 Å². The van der Waals surface area contributed by atoms with Gasteiger partial charge in [0.15, 0.2) is 11.5 Å². The van der Waals surface area contributed by atoms with Gasteiger partial charge in [0.2, 0.25) is 5.75 Å². The van der Waals surface area contributed by atoms with Gasteiger partial charge < -0.3 is 19.2 Å². The van der Waals surface area contributed by atoms with Crippen molar-refractivity contribution in [2.75, 3.05) is 21.3 Å². The Balaban J connectivity index is 1.78. The van der Waals surface area contributed by atoms with Crippen LogP contribution in [0.2, 0.25) is 0 Å². The quantitative estimate of drug-likeness (QED) is 0.555. The Bertz CT molecular complexity index is 1240. The van der Waals surface area contributed by atoms with E-state index in [1.165, 1.54) is 0 Å². The van der Waals surface area contributed by atoms with E-state index in [1.807, 2.05) is 6.07 Å². The summed E-state index contributed by atoms with van der Waals surface area (Å²) in [5.74, 6) is 2.09. The smallest absolute Gasteiger partial charge is 0.258 e. The first-order chi connectivity index (χ1) is 14.0. The summed E-state index contributed by atoms with van der Waals surface area (Å²) in [5.41, 5.74) is 2.50. The van der Waals surface area contributed by atoms with Crippen molar-refractivity contribution in [2.45, 2.75) is 6.92 Å². The number of rotatable bonds is 5. The average Bonchev–Trinajstić information content (AvgIpc) is 3.22. The Hall–Kier alpha value is -3.88. The first kappa shape index (κ1) is 18.5. The molecule has 0 aliphatic rings. The molecule has 0 amide bonds. The largest absolute Gasteiger partial charge is 0.493 e. The Morgan fingerprint density at radius 3 is 2.38 bits per heavy atom. The lowest BCUT2D eigenvalue weighted by Gasteiger charge is -2.13. The lowest BCUT2D eigenvalue weighted by Crippen LogP contribution is -2.09. The van der Waals surface area contributed by atoms with E-state index < -0.39 is 0 Å². The number of fused-ring (bicyclic) bond motifs is 1. The summed E-state index contributed by atoms with van der Waals surface area (Å²) >= 11 is 0. The predicted molar refractivity (Wildman–Crippen MR) is 107 cm³/mol. The van der Waals surface area contributed by atoms with E-state index in [-0.39, 0.29) is 5.56 Å². The highest BCUT2D eigenvalue weighted by Crippen LogP contribution is 2.39. The molecule has 0 radical (unpaired) electrons. The van der Waals surface area contributed by atoms with Gasteiger partial charge in [0.25, 0.3) is 5.56 Å². The van der Waals surface area contributed by atoms with Crippen LogP contribution in [0.1, 0.15) is 5.82 Å². The summed E-state index contributed by atoms with van der Waals surface area (Å²) in [6.07, 6.45) is 1.76. The van der Waals surface area contributed by atoms with Gasteiger partial charge in [-0.25, -0.2) is 9.67 Å². The predicted octanol–water partition coefficient (Wildman–Crippen LogP) is 2.51. The fraction of sp³-hybridized carbons (Fsp3) is 0.200. The topological polar surface area (TPSA) is 104 Å². The number of hydrogen-bond donors (Lipinski definition) is 1. The van der Waals surface area contributed by atoms with Gasteiger partial charge in [0.05, 0.1) is 44.1 Å². The van der Waals surface area contributed by atoms with Crippen molar-refractivity contribution < 1.29 is 14.2 Å². The van der Waals surface area contributed by atoms with Crippen molar-refractivity contribution in [1.29, 1.82) is 0 Å². The molecule has 4 rings (SSSR count). The van der Waals surface area contributed by atoms with E-state index in [1.54, 1.807) is 63.4 Å². The second kappa shape index (κ2) is 7.27. The molecule has 2 heterocycles. The molecule has 0 aliphatic heterocycles. The van der Waals surface area contributed by atoms with E-state index in [4.69, 9.17) is 14.2 Å². The highest BCUT2D eigenvalue weighted by molar-refractivity contribution is 5.82. The number of aryl methyl sites for hydroxylation is 1. The van der Waals surface area contributed by atoms with Crippen LogP contribution < -0.4 is 19.8 Å². The summed E-state index contributed by atoms with van der Waals surface area (Å²) < 4.78 is 17.7. The maximum Gasteiger partial charge on any atom is 0.258 e. The molecule has 0 saturated heterocycles. The van der Waals surface area contributed by atoms with E-state index in [9.17, 15) is 4.79 Å². The van der Waals surface area contributed by atoms with Crippen molar-refractivity contribution in [3.8, 4) is 34.2 Å². The van der Waals surface area contributed by atoms with Crippen molar-refractivity contribution in [3.63, 3.8) is 0 Å². The minimum absolute atomic E-state index is 0.189. The van der Waals surface area contributed by atoms with Gasteiger partial charge in [0.1, 0.15) is 11.5 Å². The van der Waals surface area contributed by atoms with Crippen LogP contribution in [0.15, 0.2) is 41.3 Å². The Morgan fingerprint density at radius 2 is 1.72 bits per heavy atom. The van der Waals surface area contributed by atoms with Crippen LogP contribution in [0.25, 0.3) is 27.8 Å². The van der Waals surface area contributed by atoms with Gasteiger partial charge in [0, 0.05) is 17.7 Å². The van der Waals surface area contributed by atoms with Crippen molar-refractivity contribution in [1.82, 2.24) is 25.0 Å². The molecule has 2 aromatic heterocycles. The molecular formula is C20H19N5O4. The summed E-state index contributed by atoms with van der Waals surface area (Å²) in [5, 5.41) is 8.93. The van der Waals surface area contributed by atoms with Gasteiger partial charge in [-0.1, -0.05) is 11.3 Å². The lowest BCUT2D eigenvalue weighted by atomic mass is 10.1. The zero-order valence-corrected chi connectivity index (χ0v) is 16.4. The van der Waals surface area contributed by atoms with Crippen LogP contribution in [0, 0.1) is 6.92 Å². The molecule has 2 aromatic carbocycles. The summed E-state index contributed by atoms with van der Waals surface area (Å²) in [6.45, 7) is 1.75. The second-order valence-electron chi connectivity index (χ2n) is 6.32. The molecule has 29 heavy (non-hydrogen) atoms. The summed E-state index contributed by atoms with van der Waals surface area (Å²) in [4.78, 5) is 19.3. The Labute approximate surface area is 165 Å². The molecule has 0 bridgehead atoms. The molecule has 0 atom stereocenters. The number of ether oxygens (including phenoxy) is 3. The van der Waals surface area contributed by atoms with E-state index in [0.29, 0.717) is 45.4 Å². The molecule has 0 saturated carbocycles. The molecule has 1 N–H and O–H groups in total. The number of H-pyrrole nitrogens is 1. The first-order valence-corrected chi connectivity index (χ1v) is 8.78. The molecule has 0 unspecified atom stereocenters. The molecule has 4 aromatic rings. The van der Waals surface area contributed by atoms with Crippen LogP contribution in [-0.4, -0.2) is 46.3 Å². The number of benzene rings is 2. The summed E-state index contributed by atoms with van der Waals surface area (Å²) in [7, 11) is 4.65. The van der Waals surface area contributed by atoms with Gasteiger partial charge in [-0.2, -0.15) is 0 Å².